The van der Waals surface area contributed by atoms with Gasteiger partial charge in [0.1, 0.15) is 0 Å². The van der Waals surface area contributed by atoms with Crippen molar-refractivity contribution in [3.8, 4) is 0 Å². The highest BCUT2D eigenvalue weighted by molar-refractivity contribution is 7.14. The number of likely N-dealkylation sites (N-methyl/N-ethyl adjacent to an activating group) is 1. The summed E-state index contributed by atoms with van der Waals surface area (Å²) in [5.41, 5.74) is 0. The van der Waals surface area contributed by atoms with Gasteiger partial charge in [0.05, 0.1) is 11.4 Å². The third-order valence-corrected chi connectivity index (χ3v) is 5.26. The molecule has 1 unspecified atom stereocenters. The minimum absolute atomic E-state index is 0.282. The Kier molecular flexibility index (Phi) is 5.13. The number of Topliss-reactive ketones (excluding diaryl/α,β-unsaturated/α-hetero) is 1. The number of rotatable bonds is 5. The fourth-order valence-electron chi connectivity index (χ4n) is 2.59. The summed E-state index contributed by atoms with van der Waals surface area (Å²) >= 11 is 1.65. The molecule has 0 amide bonds. The molecule has 1 saturated heterocycles. The number of aryl methyl sites for hydroxylation is 1. The molecule has 4 heteroatoms. The van der Waals surface area contributed by atoms with Crippen molar-refractivity contribution in [2.24, 2.45) is 0 Å². The third kappa shape index (κ3) is 3.65. The predicted octanol–water partition coefficient (Wildman–Crippen LogP) is 2.52. The van der Waals surface area contributed by atoms with E-state index < -0.39 is 0 Å². The maximum absolute atomic E-state index is 12.3. The molecule has 0 N–H and O–H groups in total. The van der Waals surface area contributed by atoms with Crippen LogP contribution in [0.2, 0.25) is 0 Å². The van der Waals surface area contributed by atoms with Crippen molar-refractivity contribution in [3.05, 3.63) is 21.9 Å². The van der Waals surface area contributed by atoms with Crippen LogP contribution >= 0.6 is 11.3 Å². The zero-order valence-electron chi connectivity index (χ0n) is 12.2. The molecule has 1 aromatic heterocycles. The largest absolute Gasteiger partial charge is 0.301 e. The van der Waals surface area contributed by atoms with Crippen LogP contribution in [-0.2, 0) is 6.42 Å². The standard InChI is InChI=1S/C15H24N2OS/c1-4-12-10-17(9-8-16(12)3)11-14(18)15-7-6-13(5-2)19-15/h6-7,12H,4-5,8-11H2,1-3H3. The fraction of sp³-hybridized carbons (Fsp3) is 0.667. The van der Waals surface area contributed by atoms with Gasteiger partial charge in [-0.25, -0.2) is 0 Å². The average molecular weight is 280 g/mol. The zero-order chi connectivity index (χ0) is 13.8. The van der Waals surface area contributed by atoms with Crippen LogP contribution in [0.25, 0.3) is 0 Å². The van der Waals surface area contributed by atoms with Crippen LogP contribution in [0.15, 0.2) is 12.1 Å². The van der Waals surface area contributed by atoms with E-state index in [1.54, 1.807) is 11.3 Å². The first kappa shape index (κ1) is 14.7. The molecule has 0 saturated carbocycles. The molecule has 1 atom stereocenters. The minimum Gasteiger partial charge on any atom is -0.301 e. The molecular weight excluding hydrogens is 256 g/mol. The Morgan fingerprint density at radius 2 is 2.16 bits per heavy atom. The summed E-state index contributed by atoms with van der Waals surface area (Å²) in [7, 11) is 2.18. The molecule has 0 bridgehead atoms. The Morgan fingerprint density at radius 1 is 1.37 bits per heavy atom. The second-order valence-corrected chi connectivity index (χ2v) is 6.49. The van der Waals surface area contributed by atoms with Crippen molar-refractivity contribution in [2.45, 2.75) is 32.7 Å². The first-order chi connectivity index (χ1) is 9.13. The van der Waals surface area contributed by atoms with E-state index in [4.69, 9.17) is 0 Å². The number of nitrogens with zero attached hydrogens (tertiary/aromatic N) is 2. The lowest BCUT2D eigenvalue weighted by molar-refractivity contribution is 0.0746. The van der Waals surface area contributed by atoms with Gasteiger partial charge in [0.25, 0.3) is 0 Å². The first-order valence-electron chi connectivity index (χ1n) is 7.18. The molecule has 1 aliphatic heterocycles. The minimum atomic E-state index is 0.282. The lowest BCUT2D eigenvalue weighted by atomic mass is 10.1. The van der Waals surface area contributed by atoms with Crippen LogP contribution in [0, 0.1) is 0 Å². The number of ketones is 1. The molecule has 1 aromatic rings. The van der Waals surface area contributed by atoms with E-state index in [1.807, 2.05) is 6.07 Å². The highest BCUT2D eigenvalue weighted by Gasteiger charge is 2.24. The monoisotopic (exact) mass is 280 g/mol. The van der Waals surface area contributed by atoms with E-state index in [2.05, 4.69) is 36.8 Å². The molecule has 106 valence electrons. The van der Waals surface area contributed by atoms with E-state index in [0.29, 0.717) is 12.6 Å². The summed E-state index contributed by atoms with van der Waals surface area (Å²) in [6.07, 6.45) is 2.17. The van der Waals surface area contributed by atoms with Gasteiger partial charge in [-0.15, -0.1) is 11.3 Å². The van der Waals surface area contributed by atoms with Gasteiger partial charge in [-0.05, 0) is 32.0 Å². The fourth-order valence-corrected chi connectivity index (χ4v) is 3.47. The van der Waals surface area contributed by atoms with E-state index in [1.165, 1.54) is 4.88 Å². The SMILES string of the molecule is CCc1ccc(C(=O)CN2CCN(C)C(CC)C2)s1. The highest BCUT2D eigenvalue weighted by atomic mass is 32.1. The molecule has 2 rings (SSSR count). The summed E-state index contributed by atoms with van der Waals surface area (Å²) in [4.78, 5) is 19.2. The van der Waals surface area contributed by atoms with Gasteiger partial charge >= 0.3 is 0 Å². The van der Waals surface area contributed by atoms with E-state index in [-0.39, 0.29) is 5.78 Å². The summed E-state index contributed by atoms with van der Waals surface area (Å²) in [6.45, 7) is 8.02. The topological polar surface area (TPSA) is 23.6 Å². The Balaban J connectivity index is 1.92. The van der Waals surface area contributed by atoms with Gasteiger partial charge in [0, 0.05) is 30.6 Å². The predicted molar refractivity (Wildman–Crippen MR) is 81.2 cm³/mol. The maximum Gasteiger partial charge on any atom is 0.186 e. The molecule has 2 heterocycles. The summed E-state index contributed by atoms with van der Waals surface area (Å²) in [5, 5.41) is 0. The average Bonchev–Trinajstić information content (AvgIpc) is 2.90. The number of carbonyl (C=O) groups excluding carboxylic acids is 1. The zero-order valence-corrected chi connectivity index (χ0v) is 13.0. The smallest absolute Gasteiger partial charge is 0.186 e. The molecule has 1 fully saturated rings. The quantitative estimate of drug-likeness (QED) is 0.774. The van der Waals surface area contributed by atoms with Gasteiger partial charge in [0.15, 0.2) is 5.78 Å². The number of thiophene rings is 1. The summed E-state index contributed by atoms with van der Waals surface area (Å²) in [6, 6.07) is 4.66. The number of carbonyl (C=O) groups is 1. The molecule has 1 aliphatic rings. The Bertz CT molecular complexity index is 430. The van der Waals surface area contributed by atoms with Crippen LogP contribution in [0.4, 0.5) is 0 Å². The Morgan fingerprint density at radius 3 is 2.79 bits per heavy atom. The van der Waals surface area contributed by atoms with E-state index in [9.17, 15) is 4.79 Å². The molecule has 3 nitrogen and oxygen atoms in total. The van der Waals surface area contributed by atoms with Crippen molar-refractivity contribution in [1.29, 1.82) is 0 Å². The van der Waals surface area contributed by atoms with Crippen LogP contribution < -0.4 is 0 Å². The van der Waals surface area contributed by atoms with E-state index >= 15 is 0 Å². The number of piperazine rings is 1. The second kappa shape index (κ2) is 6.64. The number of hydrogen-bond acceptors (Lipinski definition) is 4. The van der Waals surface area contributed by atoms with Crippen LogP contribution in [0.5, 0.6) is 0 Å². The van der Waals surface area contributed by atoms with Gasteiger partial charge in [0.2, 0.25) is 0 Å². The van der Waals surface area contributed by atoms with Crippen molar-refractivity contribution < 1.29 is 4.79 Å². The third-order valence-electron chi connectivity index (χ3n) is 3.98. The van der Waals surface area contributed by atoms with Gasteiger partial charge in [-0.2, -0.15) is 0 Å². The Labute approximate surface area is 120 Å². The van der Waals surface area contributed by atoms with Crippen LogP contribution in [0.3, 0.4) is 0 Å². The normalized spacial score (nSPS) is 21.7. The molecule has 0 radical (unpaired) electrons. The lowest BCUT2D eigenvalue weighted by Gasteiger charge is -2.38. The van der Waals surface area contributed by atoms with Crippen LogP contribution in [0.1, 0.15) is 34.8 Å². The highest BCUT2D eigenvalue weighted by Crippen LogP contribution is 2.18. The summed E-state index contributed by atoms with van der Waals surface area (Å²) < 4.78 is 0. The molecule has 0 aromatic carbocycles. The molecule has 0 aliphatic carbocycles. The number of hydrogen-bond donors (Lipinski definition) is 0. The molecule has 19 heavy (non-hydrogen) atoms. The summed E-state index contributed by atoms with van der Waals surface area (Å²) in [5.74, 6) is 0.282. The van der Waals surface area contributed by atoms with Crippen molar-refractivity contribution in [3.63, 3.8) is 0 Å². The molecular formula is C15H24N2OS. The van der Waals surface area contributed by atoms with Crippen molar-refractivity contribution in [1.82, 2.24) is 9.80 Å². The van der Waals surface area contributed by atoms with Gasteiger partial charge in [-0.3, -0.25) is 9.69 Å². The van der Waals surface area contributed by atoms with Crippen LogP contribution in [-0.4, -0.2) is 54.9 Å². The second-order valence-electron chi connectivity index (χ2n) is 5.32. The molecule has 0 spiro atoms. The van der Waals surface area contributed by atoms with E-state index in [0.717, 1.165) is 37.4 Å². The maximum atomic E-state index is 12.3. The van der Waals surface area contributed by atoms with Gasteiger partial charge < -0.3 is 4.90 Å². The first-order valence-corrected chi connectivity index (χ1v) is 8.00. The lowest BCUT2D eigenvalue weighted by Crippen LogP contribution is -2.52. The van der Waals surface area contributed by atoms with Gasteiger partial charge in [-0.1, -0.05) is 13.8 Å². The van der Waals surface area contributed by atoms with Crippen molar-refractivity contribution >= 4 is 17.1 Å². The Hall–Kier alpha value is -0.710. The van der Waals surface area contributed by atoms with Crippen molar-refractivity contribution in [2.75, 3.05) is 33.2 Å².